The number of nitrogens with zero attached hydrogens (tertiary/aromatic N) is 4. The Morgan fingerprint density at radius 2 is 1.34 bits per heavy atom. The van der Waals surface area contributed by atoms with Crippen LogP contribution in [0.25, 0.3) is 0 Å². The van der Waals surface area contributed by atoms with Crippen molar-refractivity contribution in [3.63, 3.8) is 0 Å². The summed E-state index contributed by atoms with van der Waals surface area (Å²) in [7, 11) is 0. The van der Waals surface area contributed by atoms with Gasteiger partial charge in [-0.05, 0) is 117 Å². The minimum atomic E-state index is -1.03. The highest BCUT2D eigenvalue weighted by atomic mass is 16.4. The third kappa shape index (κ3) is 11.4. The minimum Gasteiger partial charge on any atom is -0.480 e. The van der Waals surface area contributed by atoms with Crippen LogP contribution in [0.3, 0.4) is 0 Å². The van der Waals surface area contributed by atoms with Crippen molar-refractivity contribution in [2.24, 2.45) is 46.3 Å². The summed E-state index contributed by atoms with van der Waals surface area (Å²) in [5.74, 6) is -0.535. The summed E-state index contributed by atoms with van der Waals surface area (Å²) >= 11 is 0. The molecule has 5 fully saturated rings. The number of amides is 1. The Kier molecular flexibility index (Phi) is 16.6. The van der Waals surface area contributed by atoms with Crippen molar-refractivity contribution in [2.75, 3.05) is 78.5 Å². The molecule has 15 nitrogen and oxygen atoms in total. The highest BCUT2D eigenvalue weighted by Gasteiger charge is 2.62. The average Bonchev–Trinajstić information content (AvgIpc) is 3.51. The first-order valence-electron chi connectivity index (χ1n) is 22.2. The summed E-state index contributed by atoms with van der Waals surface area (Å²) in [4.78, 5) is 67.5. The molecule has 1 aliphatic heterocycles. The number of rotatable bonds is 16. The molecule has 0 bridgehead atoms. The first kappa shape index (κ1) is 46.4. The van der Waals surface area contributed by atoms with E-state index in [0.29, 0.717) is 94.2 Å². The molecule has 0 radical (unpaired) electrons. The van der Waals surface area contributed by atoms with Crippen LogP contribution in [-0.4, -0.2) is 172 Å². The predicted octanol–water partition coefficient (Wildman–Crippen LogP) is 2.33. The molecule has 4 aliphatic carbocycles. The van der Waals surface area contributed by atoms with E-state index in [-0.39, 0.29) is 68.1 Å². The van der Waals surface area contributed by atoms with Gasteiger partial charge in [-0.1, -0.05) is 20.8 Å². The second-order valence-electron chi connectivity index (χ2n) is 19.2. The third-order valence-corrected chi connectivity index (χ3v) is 15.9. The molecule has 4 unspecified atom stereocenters. The van der Waals surface area contributed by atoms with Crippen molar-refractivity contribution < 1.29 is 49.5 Å². The molecule has 0 spiro atoms. The molecule has 1 heterocycles. The number of hydrogen-bond donors (Lipinski definition) is 6. The van der Waals surface area contributed by atoms with Gasteiger partial charge in [-0.3, -0.25) is 38.8 Å². The van der Waals surface area contributed by atoms with Crippen molar-refractivity contribution in [3.8, 4) is 0 Å². The summed E-state index contributed by atoms with van der Waals surface area (Å²) in [5, 5.41) is 54.3. The average molecular weight is 820 g/mol. The number of hydrogen-bond acceptors (Lipinski definition) is 11. The van der Waals surface area contributed by atoms with E-state index in [1.54, 1.807) is 9.80 Å². The van der Waals surface area contributed by atoms with E-state index < -0.39 is 23.9 Å². The molecule has 58 heavy (non-hydrogen) atoms. The maximum absolute atomic E-state index is 13.1. The fourth-order valence-corrected chi connectivity index (χ4v) is 12.7. The topological polar surface area (TPSA) is 211 Å². The number of carbonyl (C=O) groups excluding carboxylic acids is 2. The van der Waals surface area contributed by atoms with Crippen molar-refractivity contribution >= 4 is 30.1 Å². The molecule has 1 amide bonds. The highest BCUT2D eigenvalue weighted by molar-refractivity contribution is 5.76. The number of aliphatic hydroxyl groups excluding tert-OH is 2. The van der Waals surface area contributed by atoms with E-state index in [1.807, 2.05) is 9.80 Å². The van der Waals surface area contributed by atoms with Gasteiger partial charge in [-0.2, -0.15) is 0 Å². The van der Waals surface area contributed by atoms with Gasteiger partial charge in [0, 0.05) is 65.3 Å². The first-order chi connectivity index (χ1) is 27.5. The zero-order valence-corrected chi connectivity index (χ0v) is 35.3. The van der Waals surface area contributed by atoms with Gasteiger partial charge in [-0.25, -0.2) is 0 Å². The van der Waals surface area contributed by atoms with Gasteiger partial charge < -0.3 is 35.6 Å². The van der Waals surface area contributed by atoms with Gasteiger partial charge in [-0.15, -0.1) is 0 Å². The number of nitrogens with one attached hydrogen (secondary N) is 1. The zero-order valence-electron chi connectivity index (χ0n) is 35.3. The number of aliphatic carboxylic acids is 3. The van der Waals surface area contributed by atoms with E-state index in [9.17, 15) is 49.5 Å². The smallest absolute Gasteiger partial charge is 0.320 e. The maximum atomic E-state index is 13.1. The van der Waals surface area contributed by atoms with Gasteiger partial charge >= 0.3 is 17.9 Å². The van der Waals surface area contributed by atoms with E-state index in [2.05, 4.69) is 26.1 Å². The van der Waals surface area contributed by atoms with Crippen molar-refractivity contribution in [3.05, 3.63) is 0 Å². The van der Waals surface area contributed by atoms with Gasteiger partial charge in [0.2, 0.25) is 5.91 Å². The van der Waals surface area contributed by atoms with Crippen LogP contribution in [-0.2, 0) is 24.0 Å². The van der Waals surface area contributed by atoms with Crippen molar-refractivity contribution in [1.29, 1.82) is 0 Å². The number of aldehydes is 1. The number of carboxylic acid groups (broad SMARTS) is 3. The summed E-state index contributed by atoms with van der Waals surface area (Å²) < 4.78 is 0. The summed E-state index contributed by atoms with van der Waals surface area (Å²) in [5.41, 5.74) is 0.330. The zero-order chi connectivity index (χ0) is 42.2. The van der Waals surface area contributed by atoms with Crippen LogP contribution in [0.4, 0.5) is 0 Å². The van der Waals surface area contributed by atoms with Gasteiger partial charge in [0.1, 0.15) is 12.3 Å². The fraction of sp³-hybridized carbons (Fsp3) is 0.884. The monoisotopic (exact) mass is 820 g/mol. The lowest BCUT2D eigenvalue weighted by molar-refractivity contribution is -0.174. The largest absolute Gasteiger partial charge is 0.480 e. The lowest BCUT2D eigenvalue weighted by atomic mass is 9.43. The summed E-state index contributed by atoms with van der Waals surface area (Å²) in [6.07, 6.45) is 10.2. The molecule has 6 N–H and O–H groups in total. The summed E-state index contributed by atoms with van der Waals surface area (Å²) in [6.45, 7) is 9.78. The quantitative estimate of drug-likeness (QED) is 0.0976. The SMILES string of the molecule is C[C@H](CCC(=O)NCCCC(C(=O)O)N1CCN(CC=O)CCN(CC(=O)O)CCN(CC(=O)O)CC1)[C@H]1CCC2[C@H]3C(O)C[C@H]4CC(O)CC[C@@]4(C)[C@@H]3CC[C@]21C. The molecular weight excluding hydrogens is 746 g/mol. The van der Waals surface area contributed by atoms with Gasteiger partial charge in [0.15, 0.2) is 0 Å². The number of aliphatic hydroxyl groups is 2. The van der Waals surface area contributed by atoms with Crippen molar-refractivity contribution in [2.45, 2.75) is 116 Å². The second kappa shape index (κ2) is 20.7. The molecular formula is C43H73N5O10. The van der Waals surface area contributed by atoms with Crippen LogP contribution in [0, 0.1) is 46.3 Å². The Morgan fingerprint density at radius 1 is 0.759 bits per heavy atom. The van der Waals surface area contributed by atoms with E-state index >= 15 is 0 Å². The Hall–Kier alpha value is -2.69. The fourth-order valence-electron chi connectivity index (χ4n) is 12.7. The van der Waals surface area contributed by atoms with Crippen LogP contribution in [0.5, 0.6) is 0 Å². The number of carbonyl (C=O) groups is 5. The molecule has 5 rings (SSSR count). The van der Waals surface area contributed by atoms with Crippen LogP contribution in [0.1, 0.15) is 97.8 Å². The molecule has 5 aliphatic rings. The van der Waals surface area contributed by atoms with E-state index in [4.69, 9.17) is 0 Å². The molecule has 0 aromatic rings. The Balaban J connectivity index is 1.11. The molecule has 330 valence electrons. The number of carboxylic acids is 3. The number of fused-ring (bicyclic) bond motifs is 5. The lowest BCUT2D eigenvalue weighted by Crippen LogP contribution is -2.58. The Labute approximate surface area is 344 Å². The Morgan fingerprint density at radius 3 is 1.97 bits per heavy atom. The Bertz CT molecular complexity index is 1420. The maximum Gasteiger partial charge on any atom is 0.320 e. The summed E-state index contributed by atoms with van der Waals surface area (Å²) in [6, 6.07) is -0.875. The molecule has 15 heteroatoms. The molecule has 4 saturated carbocycles. The van der Waals surface area contributed by atoms with Crippen molar-refractivity contribution in [1.82, 2.24) is 24.9 Å². The molecule has 0 aromatic heterocycles. The lowest BCUT2D eigenvalue weighted by Gasteiger charge is -2.62. The van der Waals surface area contributed by atoms with E-state index in [1.165, 1.54) is 0 Å². The van der Waals surface area contributed by atoms with Crippen LogP contribution in [0.15, 0.2) is 0 Å². The molecule has 0 aromatic carbocycles. The van der Waals surface area contributed by atoms with Crippen LogP contribution >= 0.6 is 0 Å². The first-order valence-corrected chi connectivity index (χ1v) is 22.2. The van der Waals surface area contributed by atoms with Gasteiger partial charge in [0.25, 0.3) is 0 Å². The highest BCUT2D eigenvalue weighted by Crippen LogP contribution is 2.68. The third-order valence-electron chi connectivity index (χ3n) is 15.9. The van der Waals surface area contributed by atoms with Crippen LogP contribution in [0.2, 0.25) is 0 Å². The second-order valence-corrected chi connectivity index (χ2v) is 19.2. The minimum absolute atomic E-state index is 0.0413. The van der Waals surface area contributed by atoms with Gasteiger partial charge in [0.05, 0.1) is 31.8 Å². The van der Waals surface area contributed by atoms with E-state index in [0.717, 1.165) is 64.1 Å². The van der Waals surface area contributed by atoms with Crippen LogP contribution < -0.4 is 5.32 Å². The normalized spacial score (nSPS) is 35.6. The molecule has 1 saturated heterocycles. The predicted molar refractivity (Wildman–Crippen MR) is 217 cm³/mol. The standard InChI is InChI=1S/C43H73N5O10/c1-29(32-7-8-33-40-34(11-13-43(32,33)3)42(2)12-10-31(50)25-30(42)26-36(40)51)6-9-37(52)44-14-4-5-35(41(57)58)48-21-19-45(23-24-49)15-16-46(27-38(53)54)17-18-47(20-22-48)28-39(55)56/h24,29-36,40,50-51H,4-23,25-28H2,1-3H3,(H,44,52)(H,53,54)(H,55,56)(H,57,58)/t29-,30-,31?,32-,33?,34-,35?,36?,40-,42-,43+/m1/s1. The molecule has 11 atom stereocenters.